The summed E-state index contributed by atoms with van der Waals surface area (Å²) in [7, 11) is 0. The van der Waals surface area contributed by atoms with Crippen molar-refractivity contribution in [3.8, 4) is 5.75 Å². The molecule has 0 saturated heterocycles. The number of carbonyl (C=O) groups excluding carboxylic acids is 1. The summed E-state index contributed by atoms with van der Waals surface area (Å²) in [5.74, 6) is -0.274. The van der Waals surface area contributed by atoms with Crippen LogP contribution in [0.1, 0.15) is 21.7 Å². The molecule has 0 spiro atoms. The molecule has 0 fully saturated rings. The number of carbonyl (C=O) groups is 1. The maximum Gasteiger partial charge on any atom is 0.387 e. The number of aryl methyl sites for hydroxylation is 1. The average molecular weight is 311 g/mol. The molecule has 1 aromatic carbocycles. The first kappa shape index (κ1) is 13.9. The molecule has 3 rings (SSSR count). The van der Waals surface area contributed by atoms with Gasteiger partial charge in [-0.1, -0.05) is 16.6 Å². The third kappa shape index (κ3) is 2.71. The fraction of sp³-hybridized carbons (Fsp3) is 0.308. The van der Waals surface area contributed by atoms with Gasteiger partial charge in [0, 0.05) is 6.54 Å². The van der Waals surface area contributed by atoms with Crippen LogP contribution >= 0.6 is 11.5 Å². The molecule has 0 aliphatic carbocycles. The van der Waals surface area contributed by atoms with Crippen molar-refractivity contribution < 1.29 is 18.3 Å². The first-order chi connectivity index (χ1) is 10.2. The van der Waals surface area contributed by atoms with E-state index in [-0.39, 0.29) is 11.7 Å². The number of amides is 1. The molecule has 0 bridgehead atoms. The molecule has 110 valence electrons. The van der Waals surface area contributed by atoms with Gasteiger partial charge in [-0.05, 0) is 36.0 Å². The van der Waals surface area contributed by atoms with Crippen molar-refractivity contribution in [3.63, 3.8) is 0 Å². The second-order valence-electron chi connectivity index (χ2n) is 4.48. The van der Waals surface area contributed by atoms with Crippen LogP contribution in [0.3, 0.4) is 0 Å². The van der Waals surface area contributed by atoms with Crippen LogP contribution in [0, 0.1) is 0 Å². The first-order valence-electron chi connectivity index (χ1n) is 6.32. The maximum absolute atomic E-state index is 12.5. The molecule has 2 aromatic rings. The maximum atomic E-state index is 12.5. The molecule has 0 atom stereocenters. The molecular weight excluding hydrogens is 300 g/mol. The number of rotatable bonds is 3. The highest BCUT2D eigenvalue weighted by molar-refractivity contribution is 7.07. The lowest BCUT2D eigenvalue weighted by Gasteiger charge is -2.30. The number of ether oxygens (including phenoxy) is 1. The molecule has 1 amide bonds. The number of benzene rings is 1. The van der Waals surface area contributed by atoms with Crippen molar-refractivity contribution >= 4 is 23.1 Å². The van der Waals surface area contributed by atoms with E-state index in [1.807, 2.05) is 6.07 Å². The highest BCUT2D eigenvalue weighted by Gasteiger charge is 2.28. The van der Waals surface area contributed by atoms with Gasteiger partial charge < -0.3 is 9.64 Å². The average Bonchev–Trinajstić information content (AvgIpc) is 3.00. The summed E-state index contributed by atoms with van der Waals surface area (Å²) in [4.78, 5) is 14.3. The molecule has 5 nitrogen and oxygen atoms in total. The smallest absolute Gasteiger partial charge is 0.387 e. The monoisotopic (exact) mass is 311 g/mol. The Bertz CT molecular complexity index is 649. The zero-order valence-electron chi connectivity index (χ0n) is 10.8. The molecule has 0 N–H and O–H groups in total. The van der Waals surface area contributed by atoms with E-state index in [9.17, 15) is 13.6 Å². The van der Waals surface area contributed by atoms with Crippen LogP contribution < -0.4 is 9.64 Å². The number of nitrogens with zero attached hydrogens (tertiary/aromatic N) is 3. The first-order valence-corrected chi connectivity index (χ1v) is 7.10. The van der Waals surface area contributed by atoms with Crippen LogP contribution in [0.5, 0.6) is 5.75 Å². The van der Waals surface area contributed by atoms with Gasteiger partial charge in [-0.25, -0.2) is 0 Å². The van der Waals surface area contributed by atoms with Gasteiger partial charge in [0.05, 0.1) is 11.9 Å². The molecule has 21 heavy (non-hydrogen) atoms. The van der Waals surface area contributed by atoms with Crippen molar-refractivity contribution in [3.05, 3.63) is 34.8 Å². The Balaban J connectivity index is 2.02. The molecule has 1 aromatic heterocycles. The summed E-state index contributed by atoms with van der Waals surface area (Å²) in [6, 6.07) is 4.91. The summed E-state index contributed by atoms with van der Waals surface area (Å²) in [5.41, 5.74) is 1.24. The third-order valence-corrected chi connectivity index (χ3v) is 3.87. The Labute approximate surface area is 123 Å². The molecule has 1 aliphatic heterocycles. The lowest BCUT2D eigenvalue weighted by atomic mass is 10.0. The van der Waals surface area contributed by atoms with Gasteiger partial charge in [-0.2, -0.15) is 8.78 Å². The number of hydrogen-bond acceptors (Lipinski definition) is 5. The number of fused-ring (bicyclic) bond motifs is 1. The number of para-hydroxylation sites is 1. The lowest BCUT2D eigenvalue weighted by molar-refractivity contribution is -0.0495. The minimum absolute atomic E-state index is 0.0213. The largest absolute Gasteiger partial charge is 0.433 e. The minimum atomic E-state index is -2.93. The topological polar surface area (TPSA) is 55.3 Å². The fourth-order valence-corrected chi connectivity index (χ4v) is 2.87. The van der Waals surface area contributed by atoms with Crippen LogP contribution in [0.15, 0.2) is 24.4 Å². The van der Waals surface area contributed by atoms with Gasteiger partial charge in [0.25, 0.3) is 5.91 Å². The number of halogens is 2. The summed E-state index contributed by atoms with van der Waals surface area (Å²) in [5, 5.41) is 3.63. The van der Waals surface area contributed by atoms with Crippen molar-refractivity contribution in [2.75, 3.05) is 11.4 Å². The molecular formula is C13H11F2N3O2S. The predicted octanol–water partition coefficient (Wildman–Crippen LogP) is 2.73. The zero-order valence-corrected chi connectivity index (χ0v) is 11.6. The summed E-state index contributed by atoms with van der Waals surface area (Å²) < 4.78 is 33.3. The molecule has 8 heteroatoms. The Hall–Kier alpha value is -2.09. The Morgan fingerprint density at radius 1 is 1.43 bits per heavy atom. The van der Waals surface area contributed by atoms with Crippen LogP contribution in [-0.2, 0) is 6.42 Å². The Kier molecular flexibility index (Phi) is 3.78. The molecule has 0 unspecified atom stereocenters. The van der Waals surface area contributed by atoms with E-state index in [1.54, 1.807) is 6.07 Å². The highest BCUT2D eigenvalue weighted by atomic mass is 32.1. The summed E-state index contributed by atoms with van der Waals surface area (Å²) in [6.07, 6.45) is 2.86. The lowest BCUT2D eigenvalue weighted by Crippen LogP contribution is -2.35. The molecule has 2 heterocycles. The fourth-order valence-electron chi connectivity index (χ4n) is 2.40. The van der Waals surface area contributed by atoms with Crippen molar-refractivity contribution in [1.29, 1.82) is 0 Å². The second kappa shape index (κ2) is 5.72. The standard InChI is InChI=1S/C13H11F2N3O2S/c14-13(15)20-9-5-1-3-8-4-2-6-18(11(8)9)12(19)10-7-16-17-21-10/h1,3,5,7,13H,2,4,6H2. The van der Waals surface area contributed by atoms with Crippen LogP contribution in [0.4, 0.5) is 14.5 Å². The van der Waals surface area contributed by atoms with Crippen LogP contribution in [-0.4, -0.2) is 28.7 Å². The molecule has 0 radical (unpaired) electrons. The van der Waals surface area contributed by atoms with E-state index in [2.05, 4.69) is 14.3 Å². The van der Waals surface area contributed by atoms with E-state index < -0.39 is 6.61 Å². The van der Waals surface area contributed by atoms with Crippen molar-refractivity contribution in [1.82, 2.24) is 9.59 Å². The number of aromatic nitrogens is 2. The number of hydrogen-bond donors (Lipinski definition) is 0. The number of anilines is 1. The second-order valence-corrected chi connectivity index (χ2v) is 5.27. The van der Waals surface area contributed by atoms with E-state index in [4.69, 9.17) is 0 Å². The van der Waals surface area contributed by atoms with Gasteiger partial charge in [-0.3, -0.25) is 4.79 Å². The van der Waals surface area contributed by atoms with E-state index in [0.29, 0.717) is 17.1 Å². The van der Waals surface area contributed by atoms with E-state index in [1.165, 1.54) is 17.2 Å². The molecule has 0 saturated carbocycles. The van der Waals surface area contributed by atoms with Gasteiger partial charge in [0.2, 0.25) is 0 Å². The Morgan fingerprint density at radius 2 is 2.29 bits per heavy atom. The predicted molar refractivity (Wildman–Crippen MR) is 73.0 cm³/mol. The van der Waals surface area contributed by atoms with Gasteiger partial charge in [0.15, 0.2) is 0 Å². The van der Waals surface area contributed by atoms with Gasteiger partial charge >= 0.3 is 6.61 Å². The highest BCUT2D eigenvalue weighted by Crippen LogP contribution is 2.38. The third-order valence-electron chi connectivity index (χ3n) is 3.21. The summed E-state index contributed by atoms with van der Waals surface area (Å²) >= 11 is 0.978. The van der Waals surface area contributed by atoms with Crippen LogP contribution in [0.25, 0.3) is 0 Å². The van der Waals surface area contributed by atoms with Gasteiger partial charge in [0.1, 0.15) is 10.6 Å². The van der Waals surface area contributed by atoms with Gasteiger partial charge in [-0.15, -0.1) is 5.10 Å². The SMILES string of the molecule is O=C(c1cnns1)N1CCCc2cccc(OC(F)F)c21. The normalized spacial score (nSPS) is 14.1. The number of alkyl halides is 2. The van der Waals surface area contributed by atoms with Crippen LogP contribution in [0.2, 0.25) is 0 Å². The summed E-state index contributed by atoms with van der Waals surface area (Å²) in [6.45, 7) is -2.48. The molecule has 1 aliphatic rings. The zero-order chi connectivity index (χ0) is 14.8. The minimum Gasteiger partial charge on any atom is -0.433 e. The quantitative estimate of drug-likeness (QED) is 0.874. The van der Waals surface area contributed by atoms with E-state index in [0.717, 1.165) is 29.9 Å². The Morgan fingerprint density at radius 3 is 3.00 bits per heavy atom. The van der Waals surface area contributed by atoms with Crippen molar-refractivity contribution in [2.45, 2.75) is 19.5 Å². The van der Waals surface area contributed by atoms with E-state index >= 15 is 0 Å². The van der Waals surface area contributed by atoms with Crippen molar-refractivity contribution in [2.24, 2.45) is 0 Å².